The van der Waals surface area contributed by atoms with Gasteiger partial charge in [-0.15, -0.1) is 0 Å². The number of carbonyl (C=O) groups excluding carboxylic acids is 2. The summed E-state index contributed by atoms with van der Waals surface area (Å²) >= 11 is 0. The molecule has 0 heterocycles. The predicted octanol–water partition coefficient (Wildman–Crippen LogP) is -0.388. The summed E-state index contributed by atoms with van der Waals surface area (Å²) in [5.74, 6) is -0.534. The van der Waals surface area contributed by atoms with Gasteiger partial charge in [-0.3, -0.25) is 9.59 Å². The third kappa shape index (κ3) is 4.78. The minimum absolute atomic E-state index is 0.143. The fourth-order valence-corrected chi connectivity index (χ4v) is 1.32. The van der Waals surface area contributed by atoms with E-state index in [0.29, 0.717) is 6.54 Å². The highest BCUT2D eigenvalue weighted by Crippen LogP contribution is 2.04. The molecule has 0 aliphatic rings. The van der Waals surface area contributed by atoms with Gasteiger partial charge in [-0.1, -0.05) is 13.3 Å². The van der Waals surface area contributed by atoms with Crippen LogP contribution in [0.2, 0.25) is 0 Å². The van der Waals surface area contributed by atoms with Crippen molar-refractivity contribution in [2.45, 2.75) is 32.7 Å². The van der Waals surface area contributed by atoms with Gasteiger partial charge in [0.25, 0.3) is 0 Å². The molecule has 0 radical (unpaired) electrons. The van der Waals surface area contributed by atoms with E-state index in [1.54, 1.807) is 6.92 Å². The minimum Gasteiger partial charge on any atom is -0.357 e. The Hall–Kier alpha value is -1.10. The van der Waals surface area contributed by atoms with E-state index in [1.807, 2.05) is 6.92 Å². The molecule has 0 aromatic carbocycles. The van der Waals surface area contributed by atoms with Crippen LogP contribution in [0.25, 0.3) is 0 Å². The van der Waals surface area contributed by atoms with Crippen LogP contribution in [0, 0.1) is 5.92 Å². The van der Waals surface area contributed by atoms with Crippen LogP contribution in [-0.2, 0) is 9.59 Å². The van der Waals surface area contributed by atoms with E-state index in [0.717, 1.165) is 12.8 Å². The largest absolute Gasteiger partial charge is 0.357 e. The molecule has 0 fully saturated rings. The number of hydrogen-bond donors (Lipinski definition) is 3. The Kier molecular flexibility index (Phi) is 6.70. The van der Waals surface area contributed by atoms with Gasteiger partial charge in [0.05, 0.1) is 5.92 Å². The van der Waals surface area contributed by atoms with E-state index >= 15 is 0 Å². The zero-order valence-electron chi connectivity index (χ0n) is 9.67. The molecule has 0 rings (SSSR count). The molecule has 0 aromatic heterocycles. The summed E-state index contributed by atoms with van der Waals surface area (Å²) in [7, 11) is 1.54. The Morgan fingerprint density at radius 3 is 2.33 bits per heavy atom. The molecule has 5 nitrogen and oxygen atoms in total. The number of nitrogens with one attached hydrogen (secondary N) is 2. The van der Waals surface area contributed by atoms with Crippen molar-refractivity contribution in [3.05, 3.63) is 0 Å². The van der Waals surface area contributed by atoms with Gasteiger partial charge in [-0.25, -0.2) is 0 Å². The third-order valence-electron chi connectivity index (χ3n) is 2.29. The first-order chi connectivity index (χ1) is 7.06. The summed E-state index contributed by atoms with van der Waals surface area (Å²) in [6.07, 6.45) is 1.66. The average molecular weight is 215 g/mol. The highest BCUT2D eigenvalue weighted by atomic mass is 16.2. The molecule has 0 aliphatic carbocycles. The molecule has 0 saturated heterocycles. The number of rotatable bonds is 6. The fraction of sp³-hybridized carbons (Fsp3) is 0.800. The van der Waals surface area contributed by atoms with Gasteiger partial charge in [0.1, 0.15) is 6.04 Å². The Labute approximate surface area is 90.8 Å². The standard InChI is InChI=1S/C10H21N3O2/c1-4-5-8(6-11)10(15)13-7(2)9(14)12-3/h7-8H,4-6,11H2,1-3H3,(H,12,14)(H,13,15). The lowest BCUT2D eigenvalue weighted by molar-refractivity contribution is -0.130. The van der Waals surface area contributed by atoms with Crippen molar-refractivity contribution < 1.29 is 9.59 Å². The van der Waals surface area contributed by atoms with Gasteiger partial charge in [-0.05, 0) is 13.3 Å². The van der Waals surface area contributed by atoms with Crippen LogP contribution < -0.4 is 16.4 Å². The van der Waals surface area contributed by atoms with Gasteiger partial charge in [-0.2, -0.15) is 0 Å². The molecule has 0 aliphatic heterocycles. The molecule has 2 amide bonds. The first-order valence-electron chi connectivity index (χ1n) is 5.28. The van der Waals surface area contributed by atoms with Crippen molar-refractivity contribution in [3.8, 4) is 0 Å². The molecular weight excluding hydrogens is 194 g/mol. The summed E-state index contributed by atoms with van der Waals surface area (Å²) < 4.78 is 0. The predicted molar refractivity (Wildman–Crippen MR) is 59.1 cm³/mol. The SMILES string of the molecule is CCCC(CN)C(=O)NC(C)C(=O)NC. The molecule has 15 heavy (non-hydrogen) atoms. The van der Waals surface area contributed by atoms with Crippen LogP contribution in [-0.4, -0.2) is 31.4 Å². The van der Waals surface area contributed by atoms with E-state index < -0.39 is 6.04 Å². The molecule has 5 heteroatoms. The van der Waals surface area contributed by atoms with E-state index in [9.17, 15) is 9.59 Å². The van der Waals surface area contributed by atoms with Crippen molar-refractivity contribution in [3.63, 3.8) is 0 Å². The molecule has 2 unspecified atom stereocenters. The first-order valence-corrected chi connectivity index (χ1v) is 5.28. The second-order valence-electron chi connectivity index (χ2n) is 3.57. The van der Waals surface area contributed by atoms with Crippen LogP contribution in [0.5, 0.6) is 0 Å². The summed E-state index contributed by atoms with van der Waals surface area (Å²) in [5, 5.41) is 5.11. The van der Waals surface area contributed by atoms with Crippen molar-refractivity contribution in [2.24, 2.45) is 11.7 Å². The molecule has 0 aromatic rings. The molecule has 4 N–H and O–H groups in total. The smallest absolute Gasteiger partial charge is 0.242 e. The maximum absolute atomic E-state index is 11.6. The summed E-state index contributed by atoms with van der Waals surface area (Å²) in [4.78, 5) is 22.8. The normalized spacial score (nSPS) is 14.1. The Morgan fingerprint density at radius 2 is 1.93 bits per heavy atom. The van der Waals surface area contributed by atoms with Crippen molar-refractivity contribution in [1.29, 1.82) is 0 Å². The van der Waals surface area contributed by atoms with E-state index in [1.165, 1.54) is 7.05 Å². The lowest BCUT2D eigenvalue weighted by Crippen LogP contribution is -2.46. The highest BCUT2D eigenvalue weighted by molar-refractivity contribution is 5.88. The number of amides is 2. The Morgan fingerprint density at radius 1 is 1.33 bits per heavy atom. The van der Waals surface area contributed by atoms with E-state index in [4.69, 9.17) is 5.73 Å². The molecule has 2 atom stereocenters. The lowest BCUT2D eigenvalue weighted by Gasteiger charge is -2.17. The maximum Gasteiger partial charge on any atom is 0.242 e. The van der Waals surface area contributed by atoms with Crippen LogP contribution in [0.15, 0.2) is 0 Å². The first kappa shape index (κ1) is 13.9. The van der Waals surface area contributed by atoms with Gasteiger partial charge < -0.3 is 16.4 Å². The number of nitrogens with two attached hydrogens (primary N) is 1. The maximum atomic E-state index is 11.6. The summed E-state index contributed by atoms with van der Waals surface area (Å²) in [6, 6.07) is -0.506. The second-order valence-corrected chi connectivity index (χ2v) is 3.57. The molecule has 88 valence electrons. The average Bonchev–Trinajstić information content (AvgIpc) is 2.24. The Bertz CT molecular complexity index is 219. The van der Waals surface area contributed by atoms with Crippen molar-refractivity contribution >= 4 is 11.8 Å². The number of likely N-dealkylation sites (N-methyl/N-ethyl adjacent to an activating group) is 1. The number of carbonyl (C=O) groups is 2. The Balaban J connectivity index is 4.15. The molecule has 0 bridgehead atoms. The van der Waals surface area contributed by atoms with E-state index in [2.05, 4.69) is 10.6 Å². The van der Waals surface area contributed by atoms with Gasteiger partial charge >= 0.3 is 0 Å². The topological polar surface area (TPSA) is 84.2 Å². The lowest BCUT2D eigenvalue weighted by atomic mass is 10.0. The zero-order valence-corrected chi connectivity index (χ0v) is 9.67. The molecule has 0 spiro atoms. The molecular formula is C10H21N3O2. The van der Waals surface area contributed by atoms with Crippen LogP contribution in [0.4, 0.5) is 0 Å². The van der Waals surface area contributed by atoms with Crippen LogP contribution in [0.1, 0.15) is 26.7 Å². The van der Waals surface area contributed by atoms with Gasteiger partial charge in [0.2, 0.25) is 11.8 Å². The van der Waals surface area contributed by atoms with Gasteiger partial charge in [0, 0.05) is 13.6 Å². The zero-order chi connectivity index (χ0) is 11.8. The third-order valence-corrected chi connectivity index (χ3v) is 2.29. The quantitative estimate of drug-likeness (QED) is 0.564. The minimum atomic E-state index is -0.506. The monoisotopic (exact) mass is 215 g/mol. The fourth-order valence-electron chi connectivity index (χ4n) is 1.32. The highest BCUT2D eigenvalue weighted by Gasteiger charge is 2.20. The van der Waals surface area contributed by atoms with Gasteiger partial charge in [0.15, 0.2) is 0 Å². The van der Waals surface area contributed by atoms with Crippen LogP contribution >= 0.6 is 0 Å². The van der Waals surface area contributed by atoms with Crippen molar-refractivity contribution in [1.82, 2.24) is 10.6 Å². The van der Waals surface area contributed by atoms with E-state index in [-0.39, 0.29) is 17.7 Å². The second kappa shape index (κ2) is 7.23. The van der Waals surface area contributed by atoms with Crippen molar-refractivity contribution in [2.75, 3.05) is 13.6 Å². The number of hydrogen-bond acceptors (Lipinski definition) is 3. The summed E-state index contributed by atoms with van der Waals surface area (Å²) in [6.45, 7) is 3.97. The van der Waals surface area contributed by atoms with Crippen LogP contribution in [0.3, 0.4) is 0 Å². The molecule has 0 saturated carbocycles. The summed E-state index contributed by atoms with van der Waals surface area (Å²) in [5.41, 5.74) is 5.48.